The maximum Gasteiger partial charge on any atom is -0.147 e. The number of hydrogen-bond donors (Lipinski definition) is 0. The first-order valence-electron chi connectivity index (χ1n) is 2.62. The van der Waals surface area contributed by atoms with Gasteiger partial charge in [-0.05, 0) is 0 Å². The van der Waals surface area contributed by atoms with Crippen LogP contribution in [0.2, 0.25) is 4.13 Å². The monoisotopic (exact) mass is 318 g/mol. The van der Waals surface area contributed by atoms with E-state index in [4.69, 9.17) is 0 Å². The summed E-state index contributed by atoms with van der Waals surface area (Å²) in [6, 6.07) is 0. The van der Waals surface area contributed by atoms with Crippen LogP contribution in [0.5, 0.6) is 0 Å². The van der Waals surface area contributed by atoms with Crippen molar-refractivity contribution in [1.82, 2.24) is 0 Å². The Kier molecular flexibility index (Phi) is 16.1. The van der Waals surface area contributed by atoms with Crippen LogP contribution in [0.25, 0.3) is 0 Å². The number of halogens is 1. The predicted octanol–water partition coefficient (Wildman–Crippen LogP) is 1.65. The molecule has 0 amide bonds. The first kappa shape index (κ1) is 11.0. The third-order valence-electron chi connectivity index (χ3n) is 0.808. The zero-order valence-corrected chi connectivity index (χ0v) is 10.1. The molecule has 0 aliphatic heterocycles. The van der Waals surface area contributed by atoms with Crippen molar-refractivity contribution < 1.29 is 0 Å². The molecule has 0 bridgehead atoms. The van der Waals surface area contributed by atoms with Gasteiger partial charge in [0.25, 0.3) is 0 Å². The summed E-state index contributed by atoms with van der Waals surface area (Å²) in [7, 11) is 0. The van der Waals surface area contributed by atoms with Gasteiger partial charge in [0.1, 0.15) is 0 Å². The van der Waals surface area contributed by atoms with Gasteiger partial charge in [0.05, 0.1) is 0 Å². The molecular weight excluding hydrogens is 304 g/mol. The molecule has 46 valence electrons. The van der Waals surface area contributed by atoms with Gasteiger partial charge in [0.2, 0.25) is 0 Å². The molecule has 0 aromatic heterocycles. The zero-order valence-electron chi connectivity index (χ0n) is 4.81. The zero-order chi connectivity index (χ0) is 4.83. The van der Waals surface area contributed by atoms with Crippen LogP contribution in [0, 0.1) is 0 Å². The Bertz CT molecular complexity index is 20.0. The van der Waals surface area contributed by atoms with Crippen LogP contribution in [-0.4, -0.2) is 24.7 Å². The predicted molar refractivity (Wildman–Crippen MR) is 40.1 cm³/mol. The molecule has 0 atom stereocenters. The van der Waals surface area contributed by atoms with Crippen LogP contribution in [0.1, 0.15) is 26.2 Å². The van der Waals surface area contributed by atoms with Gasteiger partial charge in [0.15, 0.2) is 0 Å². The second-order valence-corrected chi connectivity index (χ2v) is 3.74. The third kappa shape index (κ3) is 11.0. The van der Waals surface area contributed by atoms with Gasteiger partial charge >= 0.3 is 55.0 Å². The summed E-state index contributed by atoms with van der Waals surface area (Å²) in [5.41, 5.74) is 0. The van der Waals surface area contributed by atoms with Gasteiger partial charge in [-0.3, -0.25) is 0 Å². The van der Waals surface area contributed by atoms with Crippen LogP contribution in [0.4, 0.5) is 0 Å². The van der Waals surface area contributed by atoms with Crippen molar-refractivity contribution >= 4 is 37.1 Å². The quantitative estimate of drug-likeness (QED) is 0.548. The number of unbranched alkanes of at least 4 members (excludes halogenated alkanes) is 2. The first-order chi connectivity index (χ1) is 2.91. The molecule has 0 aromatic rings. The Morgan fingerprint density at radius 2 is 1.86 bits per heavy atom. The van der Waals surface area contributed by atoms with Gasteiger partial charge in [-0.2, -0.15) is 0 Å². The Labute approximate surface area is 67.3 Å². The van der Waals surface area contributed by atoms with E-state index in [9.17, 15) is 0 Å². The van der Waals surface area contributed by atoms with Gasteiger partial charge in [-0.25, -0.2) is 0 Å². The fraction of sp³-hybridized carbons (Fsp3) is 1.00. The number of rotatable bonds is 3. The van der Waals surface area contributed by atoms with E-state index in [1.165, 1.54) is 48.1 Å². The molecule has 0 aliphatic rings. The van der Waals surface area contributed by atoms with Gasteiger partial charge in [0, 0.05) is 0 Å². The molecule has 7 heavy (non-hydrogen) atoms. The average Bonchev–Trinajstić information content (AvgIpc) is 1.61. The third-order valence-corrected chi connectivity index (χ3v) is 2.39. The second kappa shape index (κ2) is 10.2. The van der Waals surface area contributed by atoms with Gasteiger partial charge in [-0.1, -0.05) is 0 Å². The molecule has 0 fully saturated rings. The van der Waals surface area contributed by atoms with E-state index in [1.807, 2.05) is 0 Å². The Hall–Kier alpha value is 1.17. The Balaban J connectivity index is 0. The van der Waals surface area contributed by atoms with Gasteiger partial charge in [-0.15, -0.1) is 12.4 Å². The molecule has 0 heterocycles. The van der Waals surface area contributed by atoms with E-state index in [1.54, 1.807) is 0 Å². The minimum atomic E-state index is 0. The van der Waals surface area contributed by atoms with E-state index in [-0.39, 0.29) is 12.4 Å². The molecule has 0 aromatic carbocycles. The topological polar surface area (TPSA) is 0 Å². The van der Waals surface area contributed by atoms with Crippen molar-refractivity contribution in [3.63, 3.8) is 0 Å². The molecule has 0 spiro atoms. The fourth-order valence-corrected chi connectivity index (χ4v) is 1.52. The molecule has 0 rings (SSSR count). The summed E-state index contributed by atoms with van der Waals surface area (Å²) >= 11 is 1.24. The van der Waals surface area contributed by atoms with Crippen LogP contribution in [-0.2, 0) is 0 Å². The molecule has 0 nitrogen and oxygen atoms in total. The molecular formula is C5H14BiCl. The minimum Gasteiger partial charge on any atom is -0.147 e. The molecule has 0 saturated carbocycles. The summed E-state index contributed by atoms with van der Waals surface area (Å²) in [4.78, 5) is 0. The van der Waals surface area contributed by atoms with Crippen LogP contribution < -0.4 is 0 Å². The molecule has 0 radical (unpaired) electrons. The smallest absolute Gasteiger partial charge is 0.147 e. The van der Waals surface area contributed by atoms with Crippen LogP contribution >= 0.6 is 12.4 Å². The SMILES string of the molecule is CCCC[CH2][BiH2].Cl. The summed E-state index contributed by atoms with van der Waals surface area (Å²) in [6.07, 6.45) is 4.32. The Morgan fingerprint density at radius 3 is 2.00 bits per heavy atom. The van der Waals surface area contributed by atoms with Crippen molar-refractivity contribution in [3.8, 4) is 0 Å². The maximum absolute atomic E-state index is 2.25. The van der Waals surface area contributed by atoms with Crippen molar-refractivity contribution in [2.24, 2.45) is 0 Å². The summed E-state index contributed by atoms with van der Waals surface area (Å²) in [5, 5.41) is 0. The van der Waals surface area contributed by atoms with Crippen molar-refractivity contribution in [2.45, 2.75) is 30.3 Å². The van der Waals surface area contributed by atoms with E-state index < -0.39 is 0 Å². The van der Waals surface area contributed by atoms with Gasteiger partial charge < -0.3 is 0 Å². The van der Waals surface area contributed by atoms with Crippen LogP contribution in [0.15, 0.2) is 0 Å². The van der Waals surface area contributed by atoms with Crippen molar-refractivity contribution in [1.29, 1.82) is 0 Å². The summed E-state index contributed by atoms with van der Waals surface area (Å²) in [6.45, 7) is 2.25. The van der Waals surface area contributed by atoms with E-state index >= 15 is 0 Å². The molecule has 0 aliphatic carbocycles. The standard InChI is InChI=1S/C5H11.Bi.ClH.2H/c1-3-5-4-2;;;;/h1,3-5H2,2H3;;1H;;. The number of hydrogen-bond acceptors (Lipinski definition) is 0. The normalized spacial score (nSPS) is 7.71. The molecule has 0 N–H and O–H groups in total. The minimum absolute atomic E-state index is 0. The molecule has 0 unspecified atom stereocenters. The first-order valence-corrected chi connectivity index (χ1v) is 5.79. The molecule has 2 heteroatoms. The van der Waals surface area contributed by atoms with E-state index in [0.29, 0.717) is 0 Å². The van der Waals surface area contributed by atoms with Crippen molar-refractivity contribution in [3.05, 3.63) is 0 Å². The summed E-state index contributed by atoms with van der Waals surface area (Å²) in [5.74, 6) is 0. The van der Waals surface area contributed by atoms with E-state index in [2.05, 4.69) is 6.92 Å². The van der Waals surface area contributed by atoms with Crippen molar-refractivity contribution in [2.75, 3.05) is 0 Å². The van der Waals surface area contributed by atoms with Crippen LogP contribution in [0.3, 0.4) is 0 Å². The average molecular weight is 319 g/mol. The Morgan fingerprint density at radius 1 is 1.29 bits per heavy atom. The second-order valence-electron chi connectivity index (χ2n) is 1.50. The molecule has 0 saturated heterocycles. The largest absolute Gasteiger partial charge is 0.147 e. The fourth-order valence-electron chi connectivity index (χ4n) is 0.394. The maximum atomic E-state index is 2.25. The van der Waals surface area contributed by atoms with E-state index in [0.717, 1.165) is 0 Å². The summed E-state index contributed by atoms with van der Waals surface area (Å²) < 4.78 is 1.52.